The van der Waals surface area contributed by atoms with Gasteiger partial charge in [-0.3, -0.25) is 9.89 Å². The normalized spacial score (nSPS) is 32.5. The molecule has 1 aromatic rings. The second-order valence-electron chi connectivity index (χ2n) is 4.42. The number of nitrogens with one attached hydrogen (secondary N) is 3. The Hall–Kier alpha value is -1.36. The van der Waals surface area contributed by atoms with Gasteiger partial charge in [0.05, 0.1) is 0 Å². The number of carbonyl (C=O) groups excluding carboxylic acids is 1. The van der Waals surface area contributed by atoms with Gasteiger partial charge in [0.25, 0.3) is 5.91 Å². The number of rotatable bonds is 2. The first-order valence-electron chi connectivity index (χ1n) is 5.29. The van der Waals surface area contributed by atoms with Crippen molar-refractivity contribution < 1.29 is 4.79 Å². The number of aryl methyl sites for hydroxylation is 1. The molecular weight excluding hydrogens is 192 g/mol. The number of aromatic amines is 1. The number of carbonyl (C=O) groups is 1. The number of H-pyrrole nitrogens is 1. The average Bonchev–Trinajstić information content (AvgIpc) is 2.66. The predicted octanol–water partition coefficient (Wildman–Crippen LogP) is -0.334. The van der Waals surface area contributed by atoms with E-state index in [-0.39, 0.29) is 5.91 Å². The summed E-state index contributed by atoms with van der Waals surface area (Å²) in [5.41, 5.74) is 1.41. The Labute approximate surface area is 87.6 Å². The molecule has 0 spiro atoms. The molecule has 5 heteroatoms. The molecule has 2 aliphatic rings. The fraction of sp³-hybridized carbons (Fsp3) is 0.600. The lowest BCUT2D eigenvalue weighted by molar-refractivity contribution is 0.0941. The van der Waals surface area contributed by atoms with Crippen molar-refractivity contribution in [3.05, 3.63) is 17.5 Å². The SMILES string of the molecule is Cc1cc(C(=O)NC2C3CNCC32)n[nH]1. The summed E-state index contributed by atoms with van der Waals surface area (Å²) in [5.74, 6) is 1.24. The molecule has 1 aromatic heterocycles. The van der Waals surface area contributed by atoms with Gasteiger partial charge >= 0.3 is 0 Å². The van der Waals surface area contributed by atoms with E-state index in [1.54, 1.807) is 6.07 Å². The first-order chi connectivity index (χ1) is 7.25. The number of aromatic nitrogens is 2. The van der Waals surface area contributed by atoms with Crippen LogP contribution in [0.1, 0.15) is 16.2 Å². The monoisotopic (exact) mass is 206 g/mol. The molecule has 2 atom stereocenters. The highest BCUT2D eigenvalue weighted by Gasteiger charge is 2.53. The Balaban J connectivity index is 1.62. The van der Waals surface area contributed by atoms with Crippen LogP contribution >= 0.6 is 0 Å². The highest BCUT2D eigenvalue weighted by atomic mass is 16.2. The van der Waals surface area contributed by atoms with Gasteiger partial charge < -0.3 is 10.6 Å². The van der Waals surface area contributed by atoms with E-state index in [0.717, 1.165) is 18.8 Å². The number of amides is 1. The van der Waals surface area contributed by atoms with E-state index in [1.807, 2.05) is 6.92 Å². The van der Waals surface area contributed by atoms with E-state index in [2.05, 4.69) is 20.8 Å². The summed E-state index contributed by atoms with van der Waals surface area (Å²) in [5, 5.41) is 13.0. The molecule has 0 aromatic carbocycles. The molecule has 0 radical (unpaired) electrons. The quantitative estimate of drug-likeness (QED) is 0.620. The molecule has 3 rings (SSSR count). The standard InChI is InChI=1S/C10H14N4O/c1-5-2-8(14-13-5)10(15)12-9-6-3-11-4-7(6)9/h2,6-7,9,11H,3-4H2,1H3,(H,12,15)(H,13,14). The van der Waals surface area contributed by atoms with Gasteiger partial charge in [-0.1, -0.05) is 0 Å². The second kappa shape index (κ2) is 3.06. The van der Waals surface area contributed by atoms with Crippen molar-refractivity contribution in [2.45, 2.75) is 13.0 Å². The van der Waals surface area contributed by atoms with E-state index in [0.29, 0.717) is 23.6 Å². The largest absolute Gasteiger partial charge is 0.347 e. The maximum Gasteiger partial charge on any atom is 0.272 e. The zero-order valence-electron chi connectivity index (χ0n) is 8.58. The summed E-state index contributed by atoms with van der Waals surface area (Å²) in [4.78, 5) is 11.7. The maximum absolute atomic E-state index is 11.7. The van der Waals surface area contributed by atoms with Crippen LogP contribution in [0.4, 0.5) is 0 Å². The Morgan fingerprint density at radius 1 is 1.53 bits per heavy atom. The van der Waals surface area contributed by atoms with E-state index in [1.165, 1.54) is 0 Å². The molecule has 15 heavy (non-hydrogen) atoms. The summed E-state index contributed by atoms with van der Waals surface area (Å²) in [6, 6.07) is 2.14. The molecule has 1 aliphatic heterocycles. The molecule has 2 unspecified atom stereocenters. The summed E-state index contributed by atoms with van der Waals surface area (Å²) in [6.45, 7) is 3.96. The number of hydrogen-bond acceptors (Lipinski definition) is 3. The molecule has 1 saturated heterocycles. The predicted molar refractivity (Wildman–Crippen MR) is 54.4 cm³/mol. The Morgan fingerprint density at radius 3 is 2.87 bits per heavy atom. The lowest BCUT2D eigenvalue weighted by Gasteiger charge is -2.05. The van der Waals surface area contributed by atoms with Crippen LogP contribution in [0.15, 0.2) is 6.07 Å². The molecule has 1 aliphatic carbocycles. The highest BCUT2D eigenvalue weighted by Crippen LogP contribution is 2.41. The Bertz CT molecular complexity index is 390. The minimum atomic E-state index is -0.0567. The topological polar surface area (TPSA) is 69.8 Å². The van der Waals surface area contributed by atoms with Gasteiger partial charge in [-0.25, -0.2) is 0 Å². The van der Waals surface area contributed by atoms with Gasteiger partial charge in [0.2, 0.25) is 0 Å². The van der Waals surface area contributed by atoms with E-state index < -0.39 is 0 Å². The van der Waals surface area contributed by atoms with E-state index in [9.17, 15) is 4.79 Å². The summed E-state index contributed by atoms with van der Waals surface area (Å²) >= 11 is 0. The summed E-state index contributed by atoms with van der Waals surface area (Å²) < 4.78 is 0. The molecular formula is C10H14N4O. The third kappa shape index (κ3) is 1.43. The van der Waals surface area contributed by atoms with Gasteiger partial charge in [-0.15, -0.1) is 0 Å². The van der Waals surface area contributed by atoms with E-state index >= 15 is 0 Å². The average molecular weight is 206 g/mol. The molecule has 2 heterocycles. The number of hydrogen-bond donors (Lipinski definition) is 3. The number of nitrogens with zero attached hydrogens (tertiary/aromatic N) is 1. The lowest BCUT2D eigenvalue weighted by atomic mass is 10.3. The van der Waals surface area contributed by atoms with Crippen molar-refractivity contribution in [2.24, 2.45) is 11.8 Å². The third-order valence-electron chi connectivity index (χ3n) is 3.33. The summed E-state index contributed by atoms with van der Waals surface area (Å²) in [6.07, 6.45) is 0. The van der Waals surface area contributed by atoms with Crippen molar-refractivity contribution in [1.29, 1.82) is 0 Å². The summed E-state index contributed by atoms with van der Waals surface area (Å²) in [7, 11) is 0. The fourth-order valence-electron chi connectivity index (χ4n) is 2.39. The molecule has 2 fully saturated rings. The second-order valence-corrected chi connectivity index (χ2v) is 4.42. The van der Waals surface area contributed by atoms with Crippen LogP contribution in [0.2, 0.25) is 0 Å². The maximum atomic E-state index is 11.7. The van der Waals surface area contributed by atoms with Crippen molar-refractivity contribution in [3.63, 3.8) is 0 Å². The number of fused-ring (bicyclic) bond motifs is 1. The molecule has 0 bridgehead atoms. The minimum Gasteiger partial charge on any atom is -0.347 e. The van der Waals surface area contributed by atoms with E-state index in [4.69, 9.17) is 0 Å². The lowest BCUT2D eigenvalue weighted by Crippen LogP contribution is -2.32. The molecule has 80 valence electrons. The third-order valence-corrected chi connectivity index (χ3v) is 3.33. The first kappa shape index (κ1) is 8.91. The van der Waals surface area contributed by atoms with Crippen molar-refractivity contribution in [2.75, 3.05) is 13.1 Å². The van der Waals surface area contributed by atoms with Crippen LogP contribution in [-0.4, -0.2) is 35.2 Å². The molecule has 3 N–H and O–H groups in total. The highest BCUT2D eigenvalue weighted by molar-refractivity contribution is 5.92. The van der Waals surface area contributed by atoms with Crippen LogP contribution in [-0.2, 0) is 0 Å². The molecule has 5 nitrogen and oxygen atoms in total. The van der Waals surface area contributed by atoms with Crippen LogP contribution in [0.3, 0.4) is 0 Å². The Morgan fingerprint density at radius 2 is 2.27 bits per heavy atom. The Kier molecular flexibility index (Phi) is 1.82. The van der Waals surface area contributed by atoms with Gasteiger partial charge in [-0.05, 0) is 24.8 Å². The first-order valence-corrected chi connectivity index (χ1v) is 5.29. The van der Waals surface area contributed by atoms with Crippen molar-refractivity contribution >= 4 is 5.91 Å². The van der Waals surface area contributed by atoms with Gasteiger partial charge in [0.1, 0.15) is 5.69 Å². The van der Waals surface area contributed by atoms with Crippen LogP contribution < -0.4 is 10.6 Å². The zero-order chi connectivity index (χ0) is 10.4. The van der Waals surface area contributed by atoms with Crippen molar-refractivity contribution in [3.8, 4) is 0 Å². The smallest absolute Gasteiger partial charge is 0.272 e. The van der Waals surface area contributed by atoms with Crippen molar-refractivity contribution in [1.82, 2.24) is 20.8 Å². The fourth-order valence-corrected chi connectivity index (χ4v) is 2.39. The zero-order valence-corrected chi connectivity index (χ0v) is 8.58. The van der Waals surface area contributed by atoms with Gasteiger partial charge in [-0.2, -0.15) is 5.10 Å². The minimum absolute atomic E-state index is 0.0567. The molecule has 1 saturated carbocycles. The number of piperidine rings is 1. The van der Waals surface area contributed by atoms with Gasteiger partial charge in [0, 0.05) is 24.8 Å². The van der Waals surface area contributed by atoms with Gasteiger partial charge in [0.15, 0.2) is 0 Å². The van der Waals surface area contributed by atoms with Crippen LogP contribution in [0.25, 0.3) is 0 Å². The van der Waals surface area contributed by atoms with Crippen LogP contribution in [0, 0.1) is 18.8 Å². The van der Waals surface area contributed by atoms with Crippen LogP contribution in [0.5, 0.6) is 0 Å². The molecule has 1 amide bonds.